The average Bonchev–Trinajstić information content (AvgIpc) is 2.64. The summed E-state index contributed by atoms with van der Waals surface area (Å²) < 4.78 is 53.5. The fraction of sp³-hybridized carbons (Fsp3) is 0.368. The Morgan fingerprint density at radius 3 is 2.04 bits per heavy atom. The van der Waals surface area contributed by atoms with Crippen LogP contribution in [-0.4, -0.2) is 38.9 Å². The van der Waals surface area contributed by atoms with Crippen molar-refractivity contribution in [2.24, 2.45) is 0 Å². The van der Waals surface area contributed by atoms with Crippen LogP contribution < -0.4 is 4.90 Å². The number of benzene rings is 2. The molecule has 0 aliphatic carbocycles. The second kappa shape index (κ2) is 7.32. The van der Waals surface area contributed by atoms with Gasteiger partial charge in [0, 0.05) is 37.9 Å². The fourth-order valence-electron chi connectivity index (χ4n) is 3.04. The molecule has 0 unspecified atom stereocenters. The lowest BCUT2D eigenvalue weighted by atomic mass is 10.0. The predicted molar refractivity (Wildman–Crippen MR) is 97.9 cm³/mol. The van der Waals surface area contributed by atoms with E-state index < -0.39 is 21.7 Å². The van der Waals surface area contributed by atoms with Crippen LogP contribution in [0.15, 0.2) is 47.4 Å². The van der Waals surface area contributed by atoms with Gasteiger partial charge in [-0.15, -0.1) is 0 Å². The first-order valence-corrected chi connectivity index (χ1v) is 10.0. The van der Waals surface area contributed by atoms with Gasteiger partial charge in [0.2, 0.25) is 10.0 Å². The highest BCUT2D eigenvalue weighted by Crippen LogP contribution is 2.24. The van der Waals surface area contributed by atoms with Crippen molar-refractivity contribution < 1.29 is 17.2 Å². The largest absolute Gasteiger partial charge is 0.369 e. The third kappa shape index (κ3) is 3.73. The van der Waals surface area contributed by atoms with E-state index in [4.69, 9.17) is 0 Å². The van der Waals surface area contributed by atoms with Gasteiger partial charge in [0.05, 0.1) is 4.90 Å². The van der Waals surface area contributed by atoms with Crippen LogP contribution in [-0.2, 0) is 10.0 Å². The van der Waals surface area contributed by atoms with Gasteiger partial charge < -0.3 is 4.90 Å². The Bertz CT molecular complexity index is 875. The van der Waals surface area contributed by atoms with Crippen molar-refractivity contribution in [1.82, 2.24) is 4.31 Å². The maximum Gasteiger partial charge on any atom is 0.243 e. The summed E-state index contributed by atoms with van der Waals surface area (Å²) in [5.74, 6) is -1.45. The van der Waals surface area contributed by atoms with Crippen LogP contribution >= 0.6 is 0 Å². The standard InChI is InChI=1S/C19H22F2N2O2S/c1-14(2)15-3-6-17(7-4-15)26(24,25)23-11-9-22(10-12-23)16-5-8-18(20)19(21)13-16/h3-8,13-14H,9-12H2,1-2H3. The molecule has 140 valence electrons. The highest BCUT2D eigenvalue weighted by molar-refractivity contribution is 7.89. The van der Waals surface area contributed by atoms with Gasteiger partial charge in [0.15, 0.2) is 11.6 Å². The maximum atomic E-state index is 13.4. The highest BCUT2D eigenvalue weighted by Gasteiger charge is 2.28. The molecule has 0 radical (unpaired) electrons. The van der Waals surface area contributed by atoms with Gasteiger partial charge in [-0.2, -0.15) is 4.31 Å². The number of hydrogen-bond acceptors (Lipinski definition) is 3. The molecule has 0 spiro atoms. The lowest BCUT2D eigenvalue weighted by molar-refractivity contribution is 0.384. The number of nitrogens with zero attached hydrogens (tertiary/aromatic N) is 2. The lowest BCUT2D eigenvalue weighted by Gasteiger charge is -2.35. The normalized spacial score (nSPS) is 16.3. The summed E-state index contributed by atoms with van der Waals surface area (Å²) in [5.41, 5.74) is 1.65. The average molecular weight is 380 g/mol. The smallest absolute Gasteiger partial charge is 0.243 e. The van der Waals surface area contributed by atoms with Crippen LogP contribution in [0.25, 0.3) is 0 Å². The van der Waals surface area contributed by atoms with Crippen molar-refractivity contribution in [1.29, 1.82) is 0 Å². The summed E-state index contributed by atoms with van der Waals surface area (Å²) >= 11 is 0. The molecule has 0 atom stereocenters. The van der Waals surface area contributed by atoms with Crippen LogP contribution in [0.2, 0.25) is 0 Å². The second-order valence-corrected chi connectivity index (χ2v) is 8.65. The topological polar surface area (TPSA) is 40.6 Å². The van der Waals surface area contributed by atoms with Crippen LogP contribution in [0, 0.1) is 11.6 Å². The van der Waals surface area contributed by atoms with E-state index in [1.807, 2.05) is 17.0 Å². The fourth-order valence-corrected chi connectivity index (χ4v) is 4.46. The maximum absolute atomic E-state index is 13.4. The molecule has 7 heteroatoms. The predicted octanol–water partition coefficient (Wildman–Crippen LogP) is 3.60. The lowest BCUT2D eigenvalue weighted by Crippen LogP contribution is -2.48. The second-order valence-electron chi connectivity index (χ2n) is 6.71. The molecule has 0 N–H and O–H groups in total. The van der Waals surface area contributed by atoms with Crippen molar-refractivity contribution in [2.45, 2.75) is 24.7 Å². The Labute approximate surface area is 153 Å². The van der Waals surface area contributed by atoms with Gasteiger partial charge in [-0.25, -0.2) is 17.2 Å². The number of halogens is 2. The Morgan fingerprint density at radius 1 is 0.885 bits per heavy atom. The molecule has 26 heavy (non-hydrogen) atoms. The molecular formula is C19H22F2N2O2S. The molecule has 1 aliphatic heterocycles. The molecule has 2 aromatic carbocycles. The minimum atomic E-state index is -3.55. The molecule has 4 nitrogen and oxygen atoms in total. The first-order chi connectivity index (χ1) is 12.3. The zero-order chi connectivity index (χ0) is 18.9. The Hall–Kier alpha value is -1.99. The van der Waals surface area contributed by atoms with E-state index in [1.54, 1.807) is 12.1 Å². The molecule has 1 saturated heterocycles. The molecular weight excluding hydrogens is 358 g/mol. The van der Waals surface area contributed by atoms with Crippen molar-refractivity contribution in [3.8, 4) is 0 Å². The quantitative estimate of drug-likeness (QED) is 0.814. The third-order valence-corrected chi connectivity index (χ3v) is 6.60. The SMILES string of the molecule is CC(C)c1ccc(S(=O)(=O)N2CCN(c3ccc(F)c(F)c3)CC2)cc1. The van der Waals surface area contributed by atoms with Crippen molar-refractivity contribution in [3.63, 3.8) is 0 Å². The molecule has 1 fully saturated rings. The van der Waals surface area contributed by atoms with E-state index in [2.05, 4.69) is 13.8 Å². The molecule has 1 heterocycles. The number of hydrogen-bond donors (Lipinski definition) is 0. The zero-order valence-electron chi connectivity index (χ0n) is 14.8. The van der Waals surface area contributed by atoms with Crippen molar-refractivity contribution in [3.05, 3.63) is 59.7 Å². The van der Waals surface area contributed by atoms with Gasteiger partial charge in [0.1, 0.15) is 0 Å². The first-order valence-electron chi connectivity index (χ1n) is 8.59. The monoisotopic (exact) mass is 380 g/mol. The van der Waals surface area contributed by atoms with E-state index >= 15 is 0 Å². The van der Waals surface area contributed by atoms with Gasteiger partial charge in [-0.05, 0) is 35.7 Å². The highest BCUT2D eigenvalue weighted by atomic mass is 32.2. The van der Waals surface area contributed by atoms with E-state index in [0.717, 1.165) is 17.7 Å². The Morgan fingerprint density at radius 2 is 1.50 bits per heavy atom. The van der Waals surface area contributed by atoms with E-state index in [1.165, 1.54) is 10.4 Å². The van der Waals surface area contributed by atoms with Crippen LogP contribution in [0.4, 0.5) is 14.5 Å². The van der Waals surface area contributed by atoms with Crippen LogP contribution in [0.3, 0.4) is 0 Å². The molecule has 0 bridgehead atoms. The summed E-state index contributed by atoms with van der Waals surface area (Å²) in [6.07, 6.45) is 0. The van der Waals surface area contributed by atoms with E-state index in [9.17, 15) is 17.2 Å². The molecule has 0 amide bonds. The van der Waals surface area contributed by atoms with Gasteiger partial charge in [-0.1, -0.05) is 26.0 Å². The Kier molecular flexibility index (Phi) is 5.29. The first kappa shape index (κ1) is 18.8. The molecule has 1 aliphatic rings. The van der Waals surface area contributed by atoms with Gasteiger partial charge >= 0.3 is 0 Å². The van der Waals surface area contributed by atoms with Gasteiger partial charge in [0.25, 0.3) is 0 Å². The van der Waals surface area contributed by atoms with Crippen LogP contribution in [0.1, 0.15) is 25.3 Å². The number of rotatable bonds is 4. The van der Waals surface area contributed by atoms with E-state index in [-0.39, 0.29) is 4.90 Å². The summed E-state index contributed by atoms with van der Waals surface area (Å²) in [6.45, 7) is 5.56. The number of anilines is 1. The summed E-state index contributed by atoms with van der Waals surface area (Å²) in [6, 6.07) is 10.7. The molecule has 3 rings (SSSR count). The van der Waals surface area contributed by atoms with Crippen LogP contribution in [0.5, 0.6) is 0 Å². The Balaban J connectivity index is 1.71. The minimum absolute atomic E-state index is 0.281. The molecule has 2 aromatic rings. The van der Waals surface area contributed by atoms with E-state index in [0.29, 0.717) is 37.8 Å². The zero-order valence-corrected chi connectivity index (χ0v) is 15.6. The molecule has 0 aromatic heterocycles. The molecule has 0 saturated carbocycles. The number of sulfonamides is 1. The summed E-state index contributed by atoms with van der Waals surface area (Å²) in [5, 5.41) is 0. The van der Waals surface area contributed by atoms with Crippen molar-refractivity contribution >= 4 is 15.7 Å². The minimum Gasteiger partial charge on any atom is -0.369 e. The third-order valence-electron chi connectivity index (χ3n) is 4.69. The summed E-state index contributed by atoms with van der Waals surface area (Å²) in [7, 11) is -3.55. The van der Waals surface area contributed by atoms with Gasteiger partial charge in [-0.3, -0.25) is 0 Å². The summed E-state index contributed by atoms with van der Waals surface area (Å²) in [4.78, 5) is 2.14. The number of piperazine rings is 1. The van der Waals surface area contributed by atoms with Crippen molar-refractivity contribution in [2.75, 3.05) is 31.1 Å².